The Kier molecular flexibility index (Phi) is 2.76. The average Bonchev–Trinajstić information content (AvgIpc) is 2.38. The van der Waals surface area contributed by atoms with Crippen LogP contribution in [0.4, 0.5) is 4.39 Å². The van der Waals surface area contributed by atoms with Crippen LogP contribution in [0.5, 0.6) is 5.75 Å². The van der Waals surface area contributed by atoms with Crippen molar-refractivity contribution >= 4 is 0 Å². The fourth-order valence-electron chi connectivity index (χ4n) is 2.54. The van der Waals surface area contributed by atoms with E-state index >= 15 is 0 Å². The summed E-state index contributed by atoms with van der Waals surface area (Å²) in [5.74, 6) is 0.0684. The molecule has 3 rings (SSSR count). The maximum absolute atomic E-state index is 13.9. The summed E-state index contributed by atoms with van der Waals surface area (Å²) in [5.41, 5.74) is 2.79. The van der Waals surface area contributed by atoms with Crippen LogP contribution < -0.4 is 5.32 Å². The van der Waals surface area contributed by atoms with Crippen molar-refractivity contribution in [2.75, 3.05) is 6.54 Å². The van der Waals surface area contributed by atoms with Crippen molar-refractivity contribution in [1.29, 1.82) is 0 Å². The number of fused-ring (bicyclic) bond motifs is 1. The third-order valence-electron chi connectivity index (χ3n) is 3.40. The molecule has 1 heterocycles. The van der Waals surface area contributed by atoms with Crippen molar-refractivity contribution in [2.24, 2.45) is 0 Å². The van der Waals surface area contributed by atoms with Crippen LogP contribution in [0.15, 0.2) is 42.5 Å². The maximum atomic E-state index is 13.9. The molecule has 92 valence electrons. The normalized spacial score (nSPS) is 18.4. The number of rotatable bonds is 1. The number of benzene rings is 2. The number of phenols is 1. The van der Waals surface area contributed by atoms with Crippen LogP contribution in [0.3, 0.4) is 0 Å². The lowest BCUT2D eigenvalue weighted by Crippen LogP contribution is -2.31. The summed E-state index contributed by atoms with van der Waals surface area (Å²) in [6.45, 7) is 0.787. The summed E-state index contributed by atoms with van der Waals surface area (Å²) in [5, 5.41) is 12.8. The molecule has 0 spiro atoms. The number of hydrogen-bond acceptors (Lipinski definition) is 2. The van der Waals surface area contributed by atoms with Crippen molar-refractivity contribution in [3.8, 4) is 5.75 Å². The molecule has 3 heteroatoms. The van der Waals surface area contributed by atoms with Gasteiger partial charge in [-0.1, -0.05) is 24.3 Å². The second-order valence-electron chi connectivity index (χ2n) is 4.54. The highest BCUT2D eigenvalue weighted by Gasteiger charge is 2.23. The maximum Gasteiger partial charge on any atom is 0.128 e. The number of hydrogen-bond donors (Lipinski definition) is 2. The van der Waals surface area contributed by atoms with Gasteiger partial charge in [-0.25, -0.2) is 4.39 Å². The fraction of sp³-hybridized carbons (Fsp3) is 0.200. The van der Waals surface area contributed by atoms with Crippen molar-refractivity contribution in [2.45, 2.75) is 12.5 Å². The summed E-state index contributed by atoms with van der Waals surface area (Å²) in [6, 6.07) is 12.0. The van der Waals surface area contributed by atoms with Gasteiger partial charge in [0.25, 0.3) is 0 Å². The van der Waals surface area contributed by atoms with Crippen molar-refractivity contribution in [3.05, 3.63) is 65.0 Å². The van der Waals surface area contributed by atoms with E-state index in [0.717, 1.165) is 24.1 Å². The standard InChI is InChI=1S/C15H14FNO/c16-14-4-2-1-3-13(14)15-12-6-5-11(18)9-10(12)7-8-17-15/h1-6,9,15,17-18H,7-8H2. The number of halogens is 1. The molecule has 0 aromatic heterocycles. The SMILES string of the molecule is Oc1ccc2c(c1)CCNC2c1ccccc1F. The third-order valence-corrected chi connectivity index (χ3v) is 3.40. The molecule has 2 nitrogen and oxygen atoms in total. The molecule has 0 saturated carbocycles. The summed E-state index contributed by atoms with van der Waals surface area (Å²) in [7, 11) is 0. The first-order valence-corrected chi connectivity index (χ1v) is 6.05. The Labute approximate surface area is 105 Å². The molecule has 1 aliphatic heterocycles. The van der Waals surface area contributed by atoms with E-state index in [-0.39, 0.29) is 17.6 Å². The topological polar surface area (TPSA) is 32.3 Å². The molecular formula is C15H14FNO. The van der Waals surface area contributed by atoms with Crippen LogP contribution in [-0.2, 0) is 6.42 Å². The van der Waals surface area contributed by atoms with Gasteiger partial charge in [0.2, 0.25) is 0 Å². The molecule has 1 aliphatic rings. The van der Waals surface area contributed by atoms with Crippen molar-refractivity contribution < 1.29 is 9.50 Å². The lowest BCUT2D eigenvalue weighted by Gasteiger charge is -2.27. The van der Waals surface area contributed by atoms with E-state index in [2.05, 4.69) is 5.32 Å². The minimum Gasteiger partial charge on any atom is -0.508 e. The Morgan fingerprint density at radius 2 is 1.94 bits per heavy atom. The minimum absolute atomic E-state index is 0.129. The first-order valence-electron chi connectivity index (χ1n) is 6.05. The highest BCUT2D eigenvalue weighted by molar-refractivity contribution is 5.43. The van der Waals surface area contributed by atoms with Gasteiger partial charge >= 0.3 is 0 Å². The Balaban J connectivity index is 2.09. The summed E-state index contributed by atoms with van der Waals surface area (Å²) >= 11 is 0. The monoisotopic (exact) mass is 243 g/mol. The van der Waals surface area contributed by atoms with Gasteiger partial charge in [0.15, 0.2) is 0 Å². The predicted octanol–water partition coefficient (Wildman–Crippen LogP) is 2.77. The van der Waals surface area contributed by atoms with E-state index in [1.165, 1.54) is 6.07 Å². The first kappa shape index (κ1) is 11.2. The van der Waals surface area contributed by atoms with Crippen molar-refractivity contribution in [3.63, 3.8) is 0 Å². The highest BCUT2D eigenvalue weighted by atomic mass is 19.1. The highest BCUT2D eigenvalue weighted by Crippen LogP contribution is 2.31. The largest absolute Gasteiger partial charge is 0.508 e. The molecular weight excluding hydrogens is 229 g/mol. The summed E-state index contributed by atoms with van der Waals surface area (Å²) in [4.78, 5) is 0. The molecule has 1 unspecified atom stereocenters. The molecule has 2 aromatic rings. The minimum atomic E-state index is -0.198. The van der Waals surface area contributed by atoms with Crippen LogP contribution in [0, 0.1) is 5.82 Å². The Bertz CT molecular complexity index is 582. The average molecular weight is 243 g/mol. The van der Waals surface area contributed by atoms with Crippen LogP contribution in [0.25, 0.3) is 0 Å². The second-order valence-corrected chi connectivity index (χ2v) is 4.54. The summed E-state index contributed by atoms with van der Waals surface area (Å²) < 4.78 is 13.9. The third kappa shape index (κ3) is 1.87. The van der Waals surface area contributed by atoms with E-state index < -0.39 is 0 Å². The number of nitrogens with one attached hydrogen (secondary N) is 1. The van der Waals surface area contributed by atoms with E-state index in [0.29, 0.717) is 5.56 Å². The molecule has 0 amide bonds. The van der Waals surface area contributed by atoms with Gasteiger partial charge in [-0.3, -0.25) is 0 Å². The van der Waals surface area contributed by atoms with Crippen LogP contribution in [0.1, 0.15) is 22.7 Å². The van der Waals surface area contributed by atoms with Gasteiger partial charge in [0.1, 0.15) is 11.6 Å². The van der Waals surface area contributed by atoms with Gasteiger partial charge in [0.05, 0.1) is 6.04 Å². The molecule has 0 fully saturated rings. The molecule has 0 saturated heterocycles. The molecule has 2 N–H and O–H groups in total. The van der Waals surface area contributed by atoms with E-state index in [1.54, 1.807) is 24.3 Å². The predicted molar refractivity (Wildman–Crippen MR) is 68.1 cm³/mol. The van der Waals surface area contributed by atoms with Gasteiger partial charge in [-0.2, -0.15) is 0 Å². The van der Waals surface area contributed by atoms with E-state index in [9.17, 15) is 9.50 Å². The quantitative estimate of drug-likeness (QED) is 0.807. The first-order chi connectivity index (χ1) is 8.75. The molecule has 1 atom stereocenters. The molecule has 0 radical (unpaired) electrons. The Morgan fingerprint density at radius 3 is 2.78 bits per heavy atom. The van der Waals surface area contributed by atoms with Gasteiger partial charge in [-0.15, -0.1) is 0 Å². The Morgan fingerprint density at radius 1 is 1.11 bits per heavy atom. The number of phenolic OH excluding ortho intramolecular Hbond substituents is 1. The smallest absolute Gasteiger partial charge is 0.128 e. The lowest BCUT2D eigenvalue weighted by molar-refractivity contribution is 0.470. The van der Waals surface area contributed by atoms with Crippen molar-refractivity contribution in [1.82, 2.24) is 5.32 Å². The van der Waals surface area contributed by atoms with Crippen LogP contribution in [-0.4, -0.2) is 11.7 Å². The van der Waals surface area contributed by atoms with E-state index in [1.807, 2.05) is 12.1 Å². The molecule has 0 bridgehead atoms. The Hall–Kier alpha value is -1.87. The van der Waals surface area contributed by atoms with Gasteiger partial charge in [-0.05, 0) is 35.7 Å². The fourth-order valence-corrected chi connectivity index (χ4v) is 2.54. The lowest BCUT2D eigenvalue weighted by atomic mass is 9.89. The number of aromatic hydroxyl groups is 1. The zero-order valence-corrected chi connectivity index (χ0v) is 9.86. The van der Waals surface area contributed by atoms with E-state index in [4.69, 9.17) is 0 Å². The molecule has 18 heavy (non-hydrogen) atoms. The zero-order chi connectivity index (χ0) is 12.5. The summed E-state index contributed by atoms with van der Waals surface area (Å²) in [6.07, 6.45) is 0.856. The van der Waals surface area contributed by atoms with Gasteiger partial charge in [0, 0.05) is 12.1 Å². The second kappa shape index (κ2) is 4.42. The molecule has 0 aliphatic carbocycles. The van der Waals surface area contributed by atoms with Crippen LogP contribution in [0.2, 0.25) is 0 Å². The molecule has 2 aromatic carbocycles. The van der Waals surface area contributed by atoms with Gasteiger partial charge < -0.3 is 10.4 Å². The zero-order valence-electron chi connectivity index (χ0n) is 9.86. The van der Waals surface area contributed by atoms with Crippen LogP contribution >= 0.6 is 0 Å².